The number of aromatic nitrogens is 5. The summed E-state index contributed by atoms with van der Waals surface area (Å²) in [4.78, 5) is 17.9. The predicted molar refractivity (Wildman–Crippen MR) is 230 cm³/mol. The van der Waals surface area contributed by atoms with Crippen LogP contribution < -0.4 is 0 Å². The molecule has 0 unspecified atom stereocenters. The molecule has 8 nitrogen and oxygen atoms in total. The first-order valence-corrected chi connectivity index (χ1v) is 18.8. The summed E-state index contributed by atoms with van der Waals surface area (Å²) in [5.74, 6) is 1.69. The van der Waals surface area contributed by atoms with Crippen LogP contribution in [0.25, 0.3) is 93.5 Å². The van der Waals surface area contributed by atoms with Gasteiger partial charge in [-0.15, -0.1) is 0 Å². The Labute approximate surface area is 333 Å². The lowest BCUT2D eigenvalue weighted by Crippen LogP contribution is -2.07. The third-order valence-electron chi connectivity index (χ3n) is 10.8. The van der Waals surface area contributed by atoms with Gasteiger partial charge in [-0.3, -0.25) is 0 Å². The Hall–Kier alpha value is -8.38. The molecule has 0 bridgehead atoms. The van der Waals surface area contributed by atoms with Gasteiger partial charge in [0.15, 0.2) is 11.5 Å². The monoisotopic (exact) mass is 742 g/mol. The van der Waals surface area contributed by atoms with E-state index in [1.165, 1.54) is 0 Å². The number of rotatable bonds is 5. The Kier molecular flexibility index (Phi) is 7.90. The summed E-state index contributed by atoms with van der Waals surface area (Å²) in [6.07, 6.45) is 0. The van der Waals surface area contributed by atoms with Gasteiger partial charge in [0, 0.05) is 27.1 Å². The lowest BCUT2D eigenvalue weighted by molar-refractivity contribution is 0.926. The zero-order chi connectivity index (χ0) is 39.5. The van der Waals surface area contributed by atoms with E-state index < -0.39 is 0 Å². The van der Waals surface area contributed by atoms with Gasteiger partial charge in [-0.05, 0) is 84.6 Å². The number of hydrogen-bond acceptors (Lipinski definition) is 5. The van der Waals surface area contributed by atoms with Crippen molar-refractivity contribution >= 4 is 49.3 Å². The van der Waals surface area contributed by atoms with Crippen LogP contribution in [0.15, 0.2) is 146 Å². The van der Waals surface area contributed by atoms with E-state index in [9.17, 15) is 10.5 Å². The molecule has 0 spiro atoms. The molecule has 0 aliphatic carbocycles. The molecule has 10 rings (SSSR count). The molecule has 0 N–H and O–H groups in total. The Morgan fingerprint density at radius 1 is 0.500 bits per heavy atom. The molecule has 0 saturated heterocycles. The van der Waals surface area contributed by atoms with Crippen LogP contribution >= 0.6 is 0 Å². The first-order chi connectivity index (χ1) is 28.4. The van der Waals surface area contributed by atoms with Crippen molar-refractivity contribution in [1.29, 1.82) is 10.5 Å². The molecular formula is C50H30N8. The van der Waals surface area contributed by atoms with E-state index in [0.717, 1.165) is 77.1 Å². The summed E-state index contributed by atoms with van der Waals surface area (Å²) in [6.45, 7) is 11.2. The molecule has 0 saturated carbocycles. The van der Waals surface area contributed by atoms with Crippen molar-refractivity contribution in [2.75, 3.05) is 0 Å². The summed E-state index contributed by atoms with van der Waals surface area (Å²) in [7, 11) is 0. The van der Waals surface area contributed by atoms with E-state index in [2.05, 4.69) is 97.8 Å². The molecule has 10 aromatic rings. The number of nitriles is 2. The van der Waals surface area contributed by atoms with E-state index in [4.69, 9.17) is 16.5 Å². The molecule has 270 valence electrons. The Balaban J connectivity index is 1.29. The summed E-state index contributed by atoms with van der Waals surface area (Å²) in [6, 6.07) is 53.4. The van der Waals surface area contributed by atoms with Crippen LogP contribution in [-0.4, -0.2) is 24.1 Å². The SMILES string of the molecule is [C-]#[N+]c1ccc(-c2ccc3c4ccccc4n(-c4cc(C#N)c(-n5c6ccccc6c6ccc(-c7ccc(C#N)cc7)cc65)cc4-c4nc(C)nc(C)n4)c3c2)cc1. The van der Waals surface area contributed by atoms with Gasteiger partial charge in [0.05, 0.1) is 57.2 Å². The van der Waals surface area contributed by atoms with Crippen molar-refractivity contribution in [3.05, 3.63) is 180 Å². The smallest absolute Gasteiger partial charge is 0.187 e. The zero-order valence-corrected chi connectivity index (χ0v) is 31.4. The largest absolute Gasteiger partial charge is 0.308 e. The van der Waals surface area contributed by atoms with Gasteiger partial charge in [-0.1, -0.05) is 97.1 Å². The minimum Gasteiger partial charge on any atom is -0.308 e. The molecule has 0 atom stereocenters. The maximum absolute atomic E-state index is 11.1. The molecule has 0 aliphatic heterocycles. The first-order valence-electron chi connectivity index (χ1n) is 18.8. The second-order valence-corrected chi connectivity index (χ2v) is 14.3. The summed E-state index contributed by atoms with van der Waals surface area (Å²) in [5, 5.41) is 24.8. The second kappa shape index (κ2) is 13.4. The molecule has 3 heterocycles. The van der Waals surface area contributed by atoms with E-state index >= 15 is 0 Å². The Morgan fingerprint density at radius 2 is 1.00 bits per heavy atom. The molecule has 8 heteroatoms. The predicted octanol–water partition coefficient (Wildman–Crippen LogP) is 12.0. The number of fused-ring (bicyclic) bond motifs is 6. The fourth-order valence-corrected chi connectivity index (χ4v) is 8.24. The van der Waals surface area contributed by atoms with Crippen LogP contribution in [0.2, 0.25) is 0 Å². The number of nitrogens with zero attached hydrogens (tertiary/aromatic N) is 8. The highest BCUT2D eigenvalue weighted by molar-refractivity contribution is 6.12. The van der Waals surface area contributed by atoms with Gasteiger partial charge >= 0.3 is 0 Å². The van der Waals surface area contributed by atoms with Crippen LogP contribution in [0.4, 0.5) is 5.69 Å². The highest BCUT2D eigenvalue weighted by Crippen LogP contribution is 2.41. The number of para-hydroxylation sites is 2. The Bertz CT molecular complexity index is 3420. The molecule has 7 aromatic carbocycles. The second-order valence-electron chi connectivity index (χ2n) is 14.3. The fraction of sp³-hybridized carbons (Fsp3) is 0.0400. The third kappa shape index (κ3) is 5.46. The van der Waals surface area contributed by atoms with Crippen LogP contribution in [-0.2, 0) is 0 Å². The minimum absolute atomic E-state index is 0.476. The van der Waals surface area contributed by atoms with Crippen LogP contribution in [0.1, 0.15) is 22.8 Å². The van der Waals surface area contributed by atoms with Crippen LogP contribution in [0, 0.1) is 43.1 Å². The quantitative estimate of drug-likeness (QED) is 0.163. The molecule has 58 heavy (non-hydrogen) atoms. The average molecular weight is 743 g/mol. The standard InChI is InChI=1S/C50H30N8/c1-30-54-31(2)56-50(55-30)43-27-46(57-44-10-6-4-8-39(44)41-22-18-35(24-47(41)57)33-14-12-32(28-51)13-15-33)37(29-52)26-49(43)58-45-11-7-5-9-40(45)42-23-19-36(25-48(42)58)34-16-20-38(53-3)21-17-34/h4-27H,1-2H3. The lowest BCUT2D eigenvalue weighted by Gasteiger charge is -2.18. The van der Waals surface area contributed by atoms with Crippen molar-refractivity contribution in [1.82, 2.24) is 24.1 Å². The molecular weight excluding hydrogens is 713 g/mol. The summed E-state index contributed by atoms with van der Waals surface area (Å²) < 4.78 is 4.38. The van der Waals surface area contributed by atoms with Crippen molar-refractivity contribution in [3.63, 3.8) is 0 Å². The zero-order valence-electron chi connectivity index (χ0n) is 31.4. The first kappa shape index (κ1) is 34.1. The summed E-state index contributed by atoms with van der Waals surface area (Å²) in [5.41, 5.74) is 11.7. The highest BCUT2D eigenvalue weighted by atomic mass is 15.1. The minimum atomic E-state index is 0.476. The highest BCUT2D eigenvalue weighted by Gasteiger charge is 2.23. The van der Waals surface area contributed by atoms with E-state index in [1.807, 2.05) is 92.7 Å². The third-order valence-corrected chi connectivity index (χ3v) is 10.8. The maximum Gasteiger partial charge on any atom is 0.187 e. The van der Waals surface area contributed by atoms with Gasteiger partial charge in [0.1, 0.15) is 17.7 Å². The van der Waals surface area contributed by atoms with Crippen molar-refractivity contribution in [2.24, 2.45) is 0 Å². The van der Waals surface area contributed by atoms with Crippen LogP contribution in [0.3, 0.4) is 0 Å². The number of aryl methyl sites for hydroxylation is 2. The molecule has 0 fully saturated rings. The van der Waals surface area contributed by atoms with Gasteiger partial charge < -0.3 is 9.13 Å². The van der Waals surface area contributed by atoms with Crippen molar-refractivity contribution in [3.8, 4) is 57.2 Å². The van der Waals surface area contributed by atoms with Crippen molar-refractivity contribution in [2.45, 2.75) is 13.8 Å². The van der Waals surface area contributed by atoms with Gasteiger partial charge in [-0.25, -0.2) is 19.8 Å². The summed E-state index contributed by atoms with van der Waals surface area (Å²) >= 11 is 0. The topological polar surface area (TPSA) is 100 Å². The molecule has 3 aromatic heterocycles. The van der Waals surface area contributed by atoms with Gasteiger partial charge in [-0.2, -0.15) is 10.5 Å². The molecule has 0 radical (unpaired) electrons. The van der Waals surface area contributed by atoms with Gasteiger partial charge in [0.25, 0.3) is 0 Å². The lowest BCUT2D eigenvalue weighted by atomic mass is 10.0. The number of hydrogen-bond donors (Lipinski definition) is 0. The molecule has 0 amide bonds. The Morgan fingerprint density at radius 3 is 1.53 bits per heavy atom. The average Bonchev–Trinajstić information content (AvgIpc) is 3.77. The van der Waals surface area contributed by atoms with Crippen molar-refractivity contribution < 1.29 is 0 Å². The maximum atomic E-state index is 11.1. The van der Waals surface area contributed by atoms with E-state index in [0.29, 0.717) is 40.0 Å². The van der Waals surface area contributed by atoms with E-state index in [1.54, 1.807) is 0 Å². The number of benzene rings is 7. The molecule has 0 aliphatic rings. The fourth-order valence-electron chi connectivity index (χ4n) is 8.24. The van der Waals surface area contributed by atoms with Crippen LogP contribution in [0.5, 0.6) is 0 Å². The van der Waals surface area contributed by atoms with E-state index in [-0.39, 0.29) is 0 Å². The normalized spacial score (nSPS) is 11.2. The van der Waals surface area contributed by atoms with Gasteiger partial charge in [0.2, 0.25) is 0 Å².